The van der Waals surface area contributed by atoms with E-state index >= 15 is 0 Å². The van der Waals surface area contributed by atoms with Gasteiger partial charge in [-0.3, -0.25) is 0 Å². The quantitative estimate of drug-likeness (QED) is 0.790. The fourth-order valence-electron chi connectivity index (χ4n) is 0.766. The summed E-state index contributed by atoms with van der Waals surface area (Å²) in [5.74, 6) is -0.176. The Labute approximate surface area is 76.5 Å². The highest BCUT2D eigenvalue weighted by Crippen LogP contribution is 2.29. The molecule has 4 heteroatoms. The van der Waals surface area contributed by atoms with Crippen molar-refractivity contribution in [3.05, 3.63) is 34.3 Å². The van der Waals surface area contributed by atoms with Crippen LogP contribution in [0, 0.1) is 0 Å². The summed E-state index contributed by atoms with van der Waals surface area (Å²) in [7, 11) is 0. The van der Waals surface area contributed by atoms with Crippen LogP contribution in [0.3, 0.4) is 0 Å². The van der Waals surface area contributed by atoms with Gasteiger partial charge in [-0.15, -0.1) is 0 Å². The Kier molecular flexibility index (Phi) is 2.81. The summed E-state index contributed by atoms with van der Waals surface area (Å²) in [6, 6.07) is 4.54. The second-order valence-electron chi connectivity index (χ2n) is 2.11. The van der Waals surface area contributed by atoms with Gasteiger partial charge in [0.05, 0.1) is 4.47 Å². The number of phenols is 1. The van der Waals surface area contributed by atoms with Crippen LogP contribution in [0.15, 0.2) is 28.8 Å². The minimum Gasteiger partial charge on any atom is -0.506 e. The van der Waals surface area contributed by atoms with Crippen molar-refractivity contribution >= 4 is 22.0 Å². The van der Waals surface area contributed by atoms with Crippen molar-refractivity contribution in [3.63, 3.8) is 0 Å². The smallest absolute Gasteiger partial charge is 0.271 e. The zero-order valence-electron chi connectivity index (χ0n) is 5.89. The lowest BCUT2D eigenvalue weighted by atomic mass is 10.2. The molecular formula is C8H5BrF2O. The Morgan fingerprint density at radius 1 is 1.42 bits per heavy atom. The lowest BCUT2D eigenvalue weighted by molar-refractivity contribution is 0.427. The van der Waals surface area contributed by atoms with E-state index in [0.717, 1.165) is 0 Å². The van der Waals surface area contributed by atoms with E-state index in [9.17, 15) is 13.9 Å². The molecule has 64 valence electrons. The highest BCUT2D eigenvalue weighted by Gasteiger charge is 2.02. The van der Waals surface area contributed by atoms with E-state index in [4.69, 9.17) is 0 Å². The lowest BCUT2D eigenvalue weighted by Crippen LogP contribution is -1.75. The predicted molar refractivity (Wildman–Crippen MR) is 46.0 cm³/mol. The average Bonchev–Trinajstić information content (AvgIpc) is 1.98. The second kappa shape index (κ2) is 3.67. The number of hydrogen-bond acceptors (Lipinski definition) is 1. The maximum Gasteiger partial charge on any atom is 0.271 e. The fourth-order valence-corrected chi connectivity index (χ4v) is 1.15. The summed E-state index contributed by atoms with van der Waals surface area (Å²) in [5.41, 5.74) is 0.101. The van der Waals surface area contributed by atoms with Gasteiger partial charge in [0, 0.05) is 11.6 Å². The van der Waals surface area contributed by atoms with E-state index in [-0.39, 0.29) is 11.3 Å². The van der Waals surface area contributed by atoms with Gasteiger partial charge in [0.15, 0.2) is 0 Å². The molecule has 0 spiro atoms. The normalized spacial score (nSPS) is 9.58. The van der Waals surface area contributed by atoms with E-state index in [0.29, 0.717) is 10.5 Å². The van der Waals surface area contributed by atoms with Gasteiger partial charge in [0.25, 0.3) is 6.08 Å². The molecule has 1 aromatic carbocycles. The molecule has 0 bridgehead atoms. The lowest BCUT2D eigenvalue weighted by Gasteiger charge is -1.99. The second-order valence-corrected chi connectivity index (χ2v) is 2.97. The maximum atomic E-state index is 11.8. The molecule has 0 saturated carbocycles. The molecular weight excluding hydrogens is 230 g/mol. The molecule has 0 amide bonds. The van der Waals surface area contributed by atoms with Crippen LogP contribution < -0.4 is 0 Å². The van der Waals surface area contributed by atoms with Crippen molar-refractivity contribution in [3.8, 4) is 5.75 Å². The fraction of sp³-hybridized carbons (Fsp3) is 0. The Bertz CT molecular complexity index is 319. The van der Waals surface area contributed by atoms with Gasteiger partial charge in [-0.05, 0) is 22.0 Å². The average molecular weight is 235 g/mol. The molecule has 0 aliphatic rings. The minimum absolute atomic E-state index is 0.101. The molecule has 0 saturated heterocycles. The number of para-hydroxylation sites is 1. The Morgan fingerprint density at radius 3 is 2.67 bits per heavy atom. The molecule has 0 atom stereocenters. The third-order valence-electron chi connectivity index (χ3n) is 1.28. The first-order chi connectivity index (χ1) is 5.61. The van der Waals surface area contributed by atoms with Crippen molar-refractivity contribution in [1.29, 1.82) is 0 Å². The van der Waals surface area contributed by atoms with Gasteiger partial charge in [-0.2, -0.15) is 8.78 Å². The predicted octanol–water partition coefficient (Wildman–Crippen LogP) is 3.39. The minimum atomic E-state index is -1.83. The van der Waals surface area contributed by atoms with Gasteiger partial charge in [-0.1, -0.05) is 12.1 Å². The van der Waals surface area contributed by atoms with Gasteiger partial charge in [0.2, 0.25) is 0 Å². The van der Waals surface area contributed by atoms with Crippen LogP contribution in [-0.2, 0) is 0 Å². The summed E-state index contributed by atoms with van der Waals surface area (Å²) in [4.78, 5) is 0. The van der Waals surface area contributed by atoms with Crippen molar-refractivity contribution in [2.24, 2.45) is 0 Å². The van der Waals surface area contributed by atoms with Gasteiger partial charge < -0.3 is 5.11 Å². The number of benzene rings is 1. The molecule has 1 aromatic rings. The van der Waals surface area contributed by atoms with Crippen molar-refractivity contribution in [1.82, 2.24) is 0 Å². The SMILES string of the molecule is Oc1c(Br)cccc1C=C(F)F. The van der Waals surface area contributed by atoms with Crippen molar-refractivity contribution in [2.45, 2.75) is 0 Å². The molecule has 12 heavy (non-hydrogen) atoms. The molecule has 0 heterocycles. The molecule has 1 N–H and O–H groups in total. The van der Waals surface area contributed by atoms with Crippen LogP contribution in [0.2, 0.25) is 0 Å². The molecule has 0 aromatic heterocycles. The van der Waals surface area contributed by atoms with Gasteiger partial charge >= 0.3 is 0 Å². The molecule has 0 aliphatic heterocycles. The Balaban J connectivity index is 3.17. The number of hydrogen-bond donors (Lipinski definition) is 1. The highest BCUT2D eigenvalue weighted by atomic mass is 79.9. The molecule has 0 radical (unpaired) electrons. The number of halogens is 3. The summed E-state index contributed by atoms with van der Waals surface area (Å²) < 4.78 is 23.9. The van der Waals surface area contributed by atoms with E-state index in [1.54, 1.807) is 12.1 Å². The topological polar surface area (TPSA) is 20.2 Å². The van der Waals surface area contributed by atoms with Crippen LogP contribution in [0.4, 0.5) is 8.78 Å². The monoisotopic (exact) mass is 234 g/mol. The molecule has 1 rings (SSSR count). The Morgan fingerprint density at radius 2 is 2.08 bits per heavy atom. The van der Waals surface area contributed by atoms with Crippen LogP contribution in [0.25, 0.3) is 6.08 Å². The molecule has 0 aliphatic carbocycles. The third-order valence-corrected chi connectivity index (χ3v) is 1.92. The van der Waals surface area contributed by atoms with E-state index < -0.39 is 6.08 Å². The first-order valence-electron chi connectivity index (χ1n) is 3.11. The number of rotatable bonds is 1. The van der Waals surface area contributed by atoms with Crippen molar-refractivity contribution in [2.75, 3.05) is 0 Å². The van der Waals surface area contributed by atoms with E-state index in [1.165, 1.54) is 6.07 Å². The summed E-state index contributed by atoms with van der Waals surface area (Å²) in [5, 5.41) is 9.22. The summed E-state index contributed by atoms with van der Waals surface area (Å²) in [6.45, 7) is 0. The first kappa shape index (κ1) is 9.19. The van der Waals surface area contributed by atoms with E-state index in [2.05, 4.69) is 15.9 Å². The van der Waals surface area contributed by atoms with Crippen molar-refractivity contribution < 1.29 is 13.9 Å². The van der Waals surface area contributed by atoms with E-state index in [1.807, 2.05) is 0 Å². The van der Waals surface area contributed by atoms with Crippen LogP contribution in [0.1, 0.15) is 5.56 Å². The summed E-state index contributed by atoms with van der Waals surface area (Å²) in [6.07, 6.45) is -1.22. The first-order valence-corrected chi connectivity index (χ1v) is 3.90. The molecule has 0 fully saturated rings. The van der Waals surface area contributed by atoms with Gasteiger partial charge in [0.1, 0.15) is 5.75 Å². The standard InChI is InChI=1S/C8H5BrF2O/c9-6-3-1-2-5(8(6)12)4-7(10)11/h1-4,12H. The third kappa shape index (κ3) is 2.04. The van der Waals surface area contributed by atoms with Crippen LogP contribution >= 0.6 is 15.9 Å². The van der Waals surface area contributed by atoms with Gasteiger partial charge in [-0.25, -0.2) is 0 Å². The summed E-state index contributed by atoms with van der Waals surface area (Å²) >= 11 is 3.01. The largest absolute Gasteiger partial charge is 0.506 e. The molecule has 0 unspecified atom stereocenters. The highest BCUT2D eigenvalue weighted by molar-refractivity contribution is 9.10. The number of phenolic OH excluding ortho intramolecular Hbond substituents is 1. The number of aromatic hydroxyl groups is 1. The van der Waals surface area contributed by atoms with Crippen LogP contribution in [0.5, 0.6) is 5.75 Å². The van der Waals surface area contributed by atoms with Crippen LogP contribution in [-0.4, -0.2) is 5.11 Å². The zero-order chi connectivity index (χ0) is 9.14. The maximum absolute atomic E-state index is 11.8. The Hall–Kier alpha value is -0.900. The zero-order valence-corrected chi connectivity index (χ0v) is 7.48. The molecule has 1 nitrogen and oxygen atoms in total.